The molecule has 0 spiro atoms. The fraction of sp³-hybridized carbons (Fsp3) is 0.889. The Kier molecular flexibility index (Phi) is 3.69. The predicted molar refractivity (Wildman–Crippen MR) is 47.1 cm³/mol. The van der Waals surface area contributed by atoms with Crippen LogP contribution in [0.3, 0.4) is 0 Å². The van der Waals surface area contributed by atoms with Crippen molar-refractivity contribution < 1.29 is 9.53 Å². The topological polar surface area (TPSA) is 29.5 Å². The van der Waals surface area contributed by atoms with Gasteiger partial charge in [-0.2, -0.15) is 0 Å². The van der Waals surface area contributed by atoms with E-state index in [1.165, 1.54) is 0 Å². The first-order valence-electron chi connectivity index (χ1n) is 4.54. The third kappa shape index (κ3) is 2.91. The summed E-state index contributed by atoms with van der Waals surface area (Å²) in [6, 6.07) is 0. The molecule has 1 fully saturated rings. The van der Waals surface area contributed by atoms with Crippen molar-refractivity contribution in [3.8, 4) is 0 Å². The molecule has 0 unspecified atom stereocenters. The van der Waals surface area contributed by atoms with Crippen molar-refractivity contribution in [1.82, 2.24) is 4.90 Å². The Labute approximate surface area is 73.7 Å². The highest BCUT2D eigenvalue weighted by atomic mass is 16.5. The van der Waals surface area contributed by atoms with Gasteiger partial charge >= 0.3 is 0 Å². The molecule has 3 nitrogen and oxygen atoms in total. The molecule has 1 aliphatic rings. The second-order valence-corrected chi connectivity index (χ2v) is 3.47. The standard InChI is InChI=1S/C9H17NO2/c1-8-6-10(4-3-5-11)7-9(2)12-8/h5,8-9H,3-4,6-7H2,1-2H3/t8-,9+. The van der Waals surface area contributed by atoms with Crippen LogP contribution in [-0.4, -0.2) is 43.0 Å². The van der Waals surface area contributed by atoms with E-state index in [0.29, 0.717) is 18.6 Å². The van der Waals surface area contributed by atoms with E-state index in [1.54, 1.807) is 0 Å². The highest BCUT2D eigenvalue weighted by Crippen LogP contribution is 2.10. The maximum absolute atomic E-state index is 10.2. The number of morpholine rings is 1. The number of nitrogens with zero attached hydrogens (tertiary/aromatic N) is 1. The fourth-order valence-corrected chi connectivity index (χ4v) is 1.70. The summed E-state index contributed by atoms with van der Waals surface area (Å²) < 4.78 is 5.57. The van der Waals surface area contributed by atoms with Crippen molar-refractivity contribution >= 4 is 6.29 Å². The molecule has 0 bridgehead atoms. The molecular formula is C9H17NO2. The normalized spacial score (nSPS) is 31.8. The van der Waals surface area contributed by atoms with Gasteiger partial charge in [0.2, 0.25) is 0 Å². The maximum atomic E-state index is 10.2. The lowest BCUT2D eigenvalue weighted by molar-refractivity contribution is -0.109. The molecule has 3 heteroatoms. The number of hydrogen-bond donors (Lipinski definition) is 0. The SMILES string of the molecule is C[C@@H]1CN(CCC=O)C[C@H](C)O1. The summed E-state index contributed by atoms with van der Waals surface area (Å²) in [6.07, 6.45) is 2.23. The molecule has 1 aliphatic heterocycles. The Balaban J connectivity index is 2.28. The Morgan fingerprint density at radius 3 is 2.50 bits per heavy atom. The maximum Gasteiger partial charge on any atom is 0.121 e. The zero-order valence-electron chi connectivity index (χ0n) is 7.82. The van der Waals surface area contributed by atoms with Gasteiger partial charge in [-0.1, -0.05) is 0 Å². The van der Waals surface area contributed by atoms with Gasteiger partial charge in [0, 0.05) is 26.1 Å². The van der Waals surface area contributed by atoms with Crippen LogP contribution in [0.2, 0.25) is 0 Å². The largest absolute Gasteiger partial charge is 0.373 e. The van der Waals surface area contributed by atoms with Crippen molar-refractivity contribution in [1.29, 1.82) is 0 Å². The van der Waals surface area contributed by atoms with E-state index < -0.39 is 0 Å². The van der Waals surface area contributed by atoms with E-state index in [2.05, 4.69) is 18.7 Å². The van der Waals surface area contributed by atoms with Gasteiger partial charge in [0.25, 0.3) is 0 Å². The van der Waals surface area contributed by atoms with Gasteiger partial charge in [-0.15, -0.1) is 0 Å². The van der Waals surface area contributed by atoms with Gasteiger partial charge in [0.1, 0.15) is 6.29 Å². The van der Waals surface area contributed by atoms with Crippen molar-refractivity contribution in [2.45, 2.75) is 32.5 Å². The summed E-state index contributed by atoms with van der Waals surface area (Å²) in [5.41, 5.74) is 0. The molecular weight excluding hydrogens is 154 g/mol. The minimum absolute atomic E-state index is 0.306. The number of hydrogen-bond acceptors (Lipinski definition) is 3. The van der Waals surface area contributed by atoms with Crippen LogP contribution in [0, 0.1) is 0 Å². The van der Waals surface area contributed by atoms with E-state index in [9.17, 15) is 4.79 Å². The fourth-order valence-electron chi connectivity index (χ4n) is 1.70. The highest BCUT2D eigenvalue weighted by Gasteiger charge is 2.21. The highest BCUT2D eigenvalue weighted by molar-refractivity contribution is 5.49. The predicted octanol–water partition coefficient (Wildman–Crippen LogP) is 0.685. The smallest absolute Gasteiger partial charge is 0.121 e. The van der Waals surface area contributed by atoms with Crippen LogP contribution in [0.1, 0.15) is 20.3 Å². The molecule has 0 radical (unpaired) electrons. The summed E-state index contributed by atoms with van der Waals surface area (Å²) in [5, 5.41) is 0. The number of carbonyl (C=O) groups excluding carboxylic acids is 1. The molecule has 1 heterocycles. The number of ether oxygens (including phenoxy) is 1. The molecule has 12 heavy (non-hydrogen) atoms. The van der Waals surface area contributed by atoms with E-state index in [1.807, 2.05) is 0 Å². The summed E-state index contributed by atoms with van der Waals surface area (Å²) >= 11 is 0. The summed E-state index contributed by atoms with van der Waals surface area (Å²) in [7, 11) is 0. The minimum atomic E-state index is 0.306. The first kappa shape index (κ1) is 9.68. The first-order chi connectivity index (χ1) is 5.72. The van der Waals surface area contributed by atoms with Crippen LogP contribution in [0.25, 0.3) is 0 Å². The minimum Gasteiger partial charge on any atom is -0.373 e. The van der Waals surface area contributed by atoms with Crippen molar-refractivity contribution in [3.63, 3.8) is 0 Å². The molecule has 0 aromatic carbocycles. The van der Waals surface area contributed by atoms with Gasteiger partial charge in [-0.05, 0) is 13.8 Å². The molecule has 0 aromatic heterocycles. The van der Waals surface area contributed by atoms with E-state index in [4.69, 9.17) is 4.74 Å². The van der Waals surface area contributed by atoms with Gasteiger partial charge in [-0.3, -0.25) is 4.90 Å². The number of rotatable bonds is 3. The van der Waals surface area contributed by atoms with Crippen LogP contribution in [-0.2, 0) is 9.53 Å². The van der Waals surface area contributed by atoms with Crippen LogP contribution in [0.4, 0.5) is 0 Å². The Morgan fingerprint density at radius 1 is 1.42 bits per heavy atom. The lowest BCUT2D eigenvalue weighted by atomic mass is 10.2. The number of aldehydes is 1. The van der Waals surface area contributed by atoms with Crippen molar-refractivity contribution in [2.24, 2.45) is 0 Å². The summed E-state index contributed by atoms with van der Waals surface area (Å²) in [4.78, 5) is 12.4. The quantitative estimate of drug-likeness (QED) is 0.585. The third-order valence-electron chi connectivity index (χ3n) is 2.06. The molecule has 1 saturated heterocycles. The molecule has 70 valence electrons. The van der Waals surface area contributed by atoms with Crippen LogP contribution >= 0.6 is 0 Å². The number of carbonyl (C=O) groups is 1. The summed E-state index contributed by atoms with van der Waals surface area (Å²) in [5.74, 6) is 0. The van der Waals surface area contributed by atoms with E-state index in [0.717, 1.165) is 25.9 Å². The van der Waals surface area contributed by atoms with Gasteiger partial charge < -0.3 is 9.53 Å². The van der Waals surface area contributed by atoms with Gasteiger partial charge in [-0.25, -0.2) is 0 Å². The van der Waals surface area contributed by atoms with Gasteiger partial charge in [0.15, 0.2) is 0 Å². The van der Waals surface area contributed by atoms with Crippen LogP contribution < -0.4 is 0 Å². The molecule has 0 amide bonds. The monoisotopic (exact) mass is 171 g/mol. The molecule has 0 N–H and O–H groups in total. The second kappa shape index (κ2) is 4.58. The lowest BCUT2D eigenvalue weighted by Crippen LogP contribution is -2.45. The Morgan fingerprint density at radius 2 is 2.00 bits per heavy atom. The lowest BCUT2D eigenvalue weighted by Gasteiger charge is -2.34. The average molecular weight is 171 g/mol. The van der Waals surface area contributed by atoms with Crippen molar-refractivity contribution in [2.75, 3.05) is 19.6 Å². The Hall–Kier alpha value is -0.410. The van der Waals surface area contributed by atoms with E-state index >= 15 is 0 Å². The van der Waals surface area contributed by atoms with Crippen LogP contribution in [0.5, 0.6) is 0 Å². The second-order valence-electron chi connectivity index (χ2n) is 3.47. The zero-order chi connectivity index (χ0) is 8.97. The van der Waals surface area contributed by atoms with E-state index in [-0.39, 0.29) is 0 Å². The molecule has 2 atom stereocenters. The molecule has 1 rings (SSSR count). The van der Waals surface area contributed by atoms with Crippen LogP contribution in [0.15, 0.2) is 0 Å². The molecule has 0 aliphatic carbocycles. The molecule has 0 saturated carbocycles. The van der Waals surface area contributed by atoms with Crippen molar-refractivity contribution in [3.05, 3.63) is 0 Å². The third-order valence-corrected chi connectivity index (χ3v) is 2.06. The Bertz CT molecular complexity index is 139. The van der Waals surface area contributed by atoms with Gasteiger partial charge in [0.05, 0.1) is 12.2 Å². The molecule has 0 aromatic rings. The zero-order valence-corrected chi connectivity index (χ0v) is 7.82. The average Bonchev–Trinajstić information content (AvgIpc) is 1.99. The first-order valence-corrected chi connectivity index (χ1v) is 4.54. The summed E-state index contributed by atoms with van der Waals surface area (Å²) in [6.45, 7) is 6.94.